The van der Waals surface area contributed by atoms with E-state index in [9.17, 15) is 32.3 Å². The second-order valence-corrected chi connectivity index (χ2v) is 8.40. The van der Waals surface area contributed by atoms with E-state index in [1.165, 1.54) is 35.2 Å². The minimum atomic E-state index is -4.64. The molecular weight excluding hydrogens is 453 g/mol. The van der Waals surface area contributed by atoms with Crippen molar-refractivity contribution in [2.45, 2.75) is 37.6 Å². The Balaban J connectivity index is 1.43. The molecule has 2 saturated heterocycles. The zero-order valence-corrected chi connectivity index (χ0v) is 17.7. The number of para-hydroxylation sites is 1. The maximum atomic E-state index is 13.8. The van der Waals surface area contributed by atoms with Crippen molar-refractivity contribution in [3.8, 4) is 0 Å². The lowest BCUT2D eigenvalue weighted by Crippen LogP contribution is -2.52. The topological polar surface area (TPSA) is 90.0 Å². The van der Waals surface area contributed by atoms with Crippen LogP contribution in [0, 0.1) is 0 Å². The molecule has 2 fully saturated rings. The Hall–Kier alpha value is -3.89. The van der Waals surface area contributed by atoms with Gasteiger partial charge in [-0.1, -0.05) is 18.2 Å². The van der Waals surface area contributed by atoms with E-state index in [2.05, 4.69) is 5.32 Å². The van der Waals surface area contributed by atoms with Gasteiger partial charge >= 0.3 is 12.2 Å². The van der Waals surface area contributed by atoms with E-state index >= 15 is 0 Å². The first-order chi connectivity index (χ1) is 16.1. The Morgan fingerprint density at radius 2 is 1.68 bits per heavy atom. The lowest BCUT2D eigenvalue weighted by atomic mass is 10.0. The van der Waals surface area contributed by atoms with Crippen LogP contribution in [-0.4, -0.2) is 53.5 Å². The standard InChI is InChI=1S/C23H19F3N4O4/c24-23(25,26)18-12-28(22(34)30(18)14-4-2-1-3-5-14)15-6-7-16-13(10-15)11-29(21(16)33)17-8-9-19(31)27-20(17)32/h1-7,10,17-18H,8-9,11-12H2,(H,27,31,32)/t17?,18-/m1/s1. The van der Waals surface area contributed by atoms with E-state index in [1.807, 2.05) is 0 Å². The molecule has 8 nitrogen and oxygen atoms in total. The minimum Gasteiger partial charge on any atom is -0.322 e. The predicted octanol–water partition coefficient (Wildman–Crippen LogP) is 2.83. The number of amides is 5. The summed E-state index contributed by atoms with van der Waals surface area (Å²) < 4.78 is 41.5. The van der Waals surface area contributed by atoms with Gasteiger partial charge in [-0.2, -0.15) is 13.2 Å². The number of imide groups is 1. The lowest BCUT2D eigenvalue weighted by molar-refractivity contribution is -0.142. The Bertz CT molecular complexity index is 1200. The fourth-order valence-electron chi connectivity index (χ4n) is 4.67. The summed E-state index contributed by atoms with van der Waals surface area (Å²) in [5.41, 5.74) is 1.18. The number of urea groups is 1. The van der Waals surface area contributed by atoms with Crippen molar-refractivity contribution in [1.82, 2.24) is 10.2 Å². The molecule has 1 unspecified atom stereocenters. The Labute approximate surface area is 191 Å². The van der Waals surface area contributed by atoms with Crippen LogP contribution in [-0.2, 0) is 16.1 Å². The zero-order chi connectivity index (χ0) is 24.2. The average Bonchev–Trinajstić information content (AvgIpc) is 3.31. The highest BCUT2D eigenvalue weighted by atomic mass is 19.4. The molecule has 0 bridgehead atoms. The second kappa shape index (κ2) is 7.86. The molecule has 1 N–H and O–H groups in total. The van der Waals surface area contributed by atoms with Crippen LogP contribution in [0.2, 0.25) is 0 Å². The molecule has 3 heterocycles. The number of carbonyl (C=O) groups excluding carboxylic acids is 4. The van der Waals surface area contributed by atoms with E-state index in [4.69, 9.17) is 0 Å². The molecule has 0 aromatic heterocycles. The third-order valence-electron chi connectivity index (χ3n) is 6.34. The summed E-state index contributed by atoms with van der Waals surface area (Å²) in [7, 11) is 0. The summed E-state index contributed by atoms with van der Waals surface area (Å²) in [6, 6.07) is 8.40. The summed E-state index contributed by atoms with van der Waals surface area (Å²) in [5.74, 6) is -1.36. The smallest absolute Gasteiger partial charge is 0.322 e. The van der Waals surface area contributed by atoms with Crippen LogP contribution in [0.1, 0.15) is 28.8 Å². The molecule has 11 heteroatoms. The number of piperidine rings is 1. The molecule has 0 spiro atoms. The van der Waals surface area contributed by atoms with Crippen molar-refractivity contribution >= 4 is 35.1 Å². The second-order valence-electron chi connectivity index (χ2n) is 8.40. The number of halogens is 3. The number of nitrogens with one attached hydrogen (secondary N) is 1. The van der Waals surface area contributed by atoms with Gasteiger partial charge in [0.15, 0.2) is 6.04 Å². The SMILES string of the molecule is O=C1CCC(N2Cc3cc(N4C[C@H](C(F)(F)F)N(c5ccccc5)C4=O)ccc3C2=O)C(=O)N1. The van der Waals surface area contributed by atoms with Crippen molar-refractivity contribution in [2.75, 3.05) is 16.3 Å². The van der Waals surface area contributed by atoms with Crippen molar-refractivity contribution in [3.63, 3.8) is 0 Å². The number of hydrogen-bond acceptors (Lipinski definition) is 4. The van der Waals surface area contributed by atoms with Crippen LogP contribution >= 0.6 is 0 Å². The van der Waals surface area contributed by atoms with Gasteiger partial charge < -0.3 is 4.90 Å². The molecule has 5 rings (SSSR count). The highest BCUT2D eigenvalue weighted by Gasteiger charge is 2.53. The number of carbonyl (C=O) groups is 4. The molecule has 2 atom stereocenters. The number of hydrogen-bond donors (Lipinski definition) is 1. The third kappa shape index (κ3) is 3.57. The molecular formula is C23H19F3N4O4. The highest BCUT2D eigenvalue weighted by molar-refractivity contribution is 6.08. The molecule has 5 amide bonds. The summed E-state index contributed by atoms with van der Waals surface area (Å²) in [6.45, 7) is -0.539. The molecule has 34 heavy (non-hydrogen) atoms. The van der Waals surface area contributed by atoms with Crippen LogP contribution in [0.15, 0.2) is 48.5 Å². The molecule has 2 aromatic rings. The number of benzene rings is 2. The van der Waals surface area contributed by atoms with Crippen molar-refractivity contribution in [3.05, 3.63) is 59.7 Å². The predicted molar refractivity (Wildman–Crippen MR) is 114 cm³/mol. The van der Waals surface area contributed by atoms with Crippen molar-refractivity contribution < 1.29 is 32.3 Å². The highest BCUT2D eigenvalue weighted by Crippen LogP contribution is 2.38. The van der Waals surface area contributed by atoms with Gasteiger partial charge in [-0.15, -0.1) is 0 Å². The van der Waals surface area contributed by atoms with E-state index in [-0.39, 0.29) is 30.8 Å². The van der Waals surface area contributed by atoms with Crippen LogP contribution < -0.4 is 15.1 Å². The number of anilines is 2. The summed E-state index contributed by atoms with van der Waals surface area (Å²) in [6.07, 6.45) is -4.34. The van der Waals surface area contributed by atoms with E-state index < -0.39 is 48.6 Å². The van der Waals surface area contributed by atoms with Crippen LogP contribution in [0.3, 0.4) is 0 Å². The van der Waals surface area contributed by atoms with E-state index in [0.717, 1.165) is 9.80 Å². The molecule has 0 radical (unpaired) electrons. The van der Waals surface area contributed by atoms with E-state index in [1.54, 1.807) is 18.2 Å². The first kappa shape index (κ1) is 21.9. The third-order valence-corrected chi connectivity index (χ3v) is 6.34. The molecule has 0 saturated carbocycles. The largest absolute Gasteiger partial charge is 0.411 e. The number of alkyl halides is 3. The monoisotopic (exact) mass is 472 g/mol. The van der Waals surface area contributed by atoms with Gasteiger partial charge in [-0.05, 0) is 42.3 Å². The van der Waals surface area contributed by atoms with Crippen molar-refractivity contribution in [2.24, 2.45) is 0 Å². The normalized spacial score (nSPS) is 23.0. The van der Waals surface area contributed by atoms with Gasteiger partial charge in [-0.3, -0.25) is 29.5 Å². The number of fused-ring (bicyclic) bond motifs is 1. The number of nitrogens with zero attached hydrogens (tertiary/aromatic N) is 3. The quantitative estimate of drug-likeness (QED) is 0.696. The van der Waals surface area contributed by atoms with Gasteiger partial charge in [0.1, 0.15) is 6.04 Å². The maximum Gasteiger partial charge on any atom is 0.411 e. The van der Waals surface area contributed by atoms with Crippen LogP contribution in [0.4, 0.5) is 29.3 Å². The zero-order valence-electron chi connectivity index (χ0n) is 17.7. The molecule has 3 aliphatic rings. The average molecular weight is 472 g/mol. The molecule has 3 aliphatic heterocycles. The Morgan fingerprint density at radius 3 is 2.35 bits per heavy atom. The molecule has 0 aliphatic carbocycles. The summed E-state index contributed by atoms with van der Waals surface area (Å²) in [5, 5.41) is 2.22. The van der Waals surface area contributed by atoms with Gasteiger partial charge in [0, 0.05) is 29.9 Å². The fourth-order valence-corrected chi connectivity index (χ4v) is 4.67. The first-order valence-corrected chi connectivity index (χ1v) is 10.7. The molecule has 176 valence electrons. The van der Waals surface area contributed by atoms with Gasteiger partial charge in [-0.25, -0.2) is 4.79 Å². The Kier molecular flexibility index (Phi) is 5.07. The summed E-state index contributed by atoms with van der Waals surface area (Å²) in [4.78, 5) is 52.7. The van der Waals surface area contributed by atoms with E-state index in [0.29, 0.717) is 11.1 Å². The minimum absolute atomic E-state index is 0.0570. The Morgan fingerprint density at radius 1 is 0.941 bits per heavy atom. The van der Waals surface area contributed by atoms with Crippen LogP contribution in [0.25, 0.3) is 0 Å². The first-order valence-electron chi connectivity index (χ1n) is 10.7. The van der Waals surface area contributed by atoms with Gasteiger partial charge in [0.25, 0.3) is 5.91 Å². The number of rotatable bonds is 3. The lowest BCUT2D eigenvalue weighted by Gasteiger charge is -2.29. The van der Waals surface area contributed by atoms with Crippen LogP contribution in [0.5, 0.6) is 0 Å². The summed E-state index contributed by atoms with van der Waals surface area (Å²) >= 11 is 0. The maximum absolute atomic E-state index is 13.8. The molecule has 2 aromatic carbocycles. The van der Waals surface area contributed by atoms with Gasteiger partial charge in [0.05, 0.1) is 6.54 Å². The fraction of sp³-hybridized carbons (Fsp3) is 0.304. The van der Waals surface area contributed by atoms with Gasteiger partial charge in [0.2, 0.25) is 11.8 Å². The van der Waals surface area contributed by atoms with Crippen molar-refractivity contribution in [1.29, 1.82) is 0 Å².